The average Bonchev–Trinajstić information content (AvgIpc) is 2.93. The lowest BCUT2D eigenvalue weighted by Crippen LogP contribution is -2.48. The molecule has 2 aromatic heterocycles. The Kier molecular flexibility index (Phi) is 9.42. The fourth-order valence-electron chi connectivity index (χ4n) is 5.00. The van der Waals surface area contributed by atoms with E-state index in [2.05, 4.69) is 14.9 Å². The highest BCUT2D eigenvalue weighted by molar-refractivity contribution is 7.99. The minimum atomic E-state index is -0.568. The maximum atomic E-state index is 12.8. The van der Waals surface area contributed by atoms with Gasteiger partial charge in [-0.2, -0.15) is 0 Å². The summed E-state index contributed by atoms with van der Waals surface area (Å²) in [5, 5.41) is 12.1. The van der Waals surface area contributed by atoms with Crippen LogP contribution >= 0.6 is 23.4 Å². The molecule has 0 bridgehead atoms. The number of thioether (sulfide) groups is 1. The fourth-order valence-corrected chi connectivity index (χ4v) is 6.04. The summed E-state index contributed by atoms with van der Waals surface area (Å²) in [7, 11) is 1.64. The normalized spacial score (nSPS) is 15.6. The molecule has 0 saturated carbocycles. The smallest absolute Gasteiger partial charge is 0.249 e. The van der Waals surface area contributed by atoms with E-state index in [0.29, 0.717) is 11.4 Å². The number of ether oxygens (including phenoxy) is 1. The van der Waals surface area contributed by atoms with Crippen molar-refractivity contribution in [2.24, 2.45) is 5.41 Å². The number of halogens is 1. The zero-order chi connectivity index (χ0) is 25.4. The first kappa shape index (κ1) is 26.7. The van der Waals surface area contributed by atoms with Gasteiger partial charge in [-0.15, -0.1) is 11.8 Å². The predicted octanol–water partition coefficient (Wildman–Crippen LogP) is 5.38. The molecule has 36 heavy (non-hydrogen) atoms. The van der Waals surface area contributed by atoms with Crippen molar-refractivity contribution in [1.29, 1.82) is 0 Å². The number of hydrogen-bond donors (Lipinski definition) is 2. The van der Waals surface area contributed by atoms with Crippen LogP contribution in [0.5, 0.6) is 5.75 Å². The number of aromatic nitrogens is 2. The van der Waals surface area contributed by atoms with E-state index in [1.807, 2.05) is 48.1 Å². The lowest BCUT2D eigenvalue weighted by Gasteiger charge is -2.40. The van der Waals surface area contributed by atoms with E-state index in [-0.39, 0.29) is 5.91 Å². The van der Waals surface area contributed by atoms with Crippen LogP contribution in [-0.4, -0.2) is 58.5 Å². The van der Waals surface area contributed by atoms with Gasteiger partial charge in [0, 0.05) is 23.5 Å². The third kappa shape index (κ3) is 6.48. The number of amides is 1. The van der Waals surface area contributed by atoms with Crippen molar-refractivity contribution in [2.45, 2.75) is 43.6 Å². The van der Waals surface area contributed by atoms with Crippen LogP contribution in [0, 0.1) is 5.41 Å². The number of hydroxylamine groups is 1. The predicted molar refractivity (Wildman–Crippen MR) is 144 cm³/mol. The lowest BCUT2D eigenvalue weighted by molar-refractivity contribution is -0.143. The van der Waals surface area contributed by atoms with Crippen LogP contribution in [0.4, 0.5) is 0 Å². The number of methoxy groups -OCH3 is 1. The van der Waals surface area contributed by atoms with Gasteiger partial charge in [0.05, 0.1) is 28.1 Å². The van der Waals surface area contributed by atoms with Gasteiger partial charge in [-0.1, -0.05) is 17.7 Å². The van der Waals surface area contributed by atoms with Crippen LogP contribution in [0.25, 0.3) is 10.9 Å². The topological polar surface area (TPSA) is 87.6 Å². The van der Waals surface area contributed by atoms with Crippen LogP contribution in [0.3, 0.4) is 0 Å². The summed E-state index contributed by atoms with van der Waals surface area (Å²) in [5.41, 5.74) is 3.26. The summed E-state index contributed by atoms with van der Waals surface area (Å²) in [4.78, 5) is 24.0. The Labute approximate surface area is 221 Å². The van der Waals surface area contributed by atoms with Gasteiger partial charge in [0.2, 0.25) is 5.91 Å². The van der Waals surface area contributed by atoms with E-state index in [0.717, 1.165) is 84.7 Å². The molecule has 3 aromatic rings. The number of likely N-dealkylation sites (tertiary alicyclic amines) is 1. The van der Waals surface area contributed by atoms with Crippen LogP contribution in [0.15, 0.2) is 53.8 Å². The molecule has 9 heteroatoms. The molecule has 7 nitrogen and oxygen atoms in total. The van der Waals surface area contributed by atoms with Crippen LogP contribution < -0.4 is 10.2 Å². The molecule has 1 aliphatic heterocycles. The highest BCUT2D eigenvalue weighted by Gasteiger charge is 2.40. The molecule has 2 N–H and O–H groups in total. The zero-order valence-corrected chi connectivity index (χ0v) is 22.2. The van der Waals surface area contributed by atoms with E-state index < -0.39 is 5.41 Å². The van der Waals surface area contributed by atoms with Gasteiger partial charge in [-0.05, 0) is 94.1 Å². The quantitative estimate of drug-likeness (QED) is 0.149. The minimum Gasteiger partial charge on any atom is -0.497 e. The summed E-state index contributed by atoms with van der Waals surface area (Å²) in [6.07, 6.45) is 8.22. The molecule has 192 valence electrons. The number of nitrogens with zero attached hydrogens (tertiary/aromatic N) is 3. The largest absolute Gasteiger partial charge is 0.497 e. The SMILES string of the molecule is COc1ccc2ncc(Cl)c(CCCC3(C(=O)NO)CCN(CCCSc4ccccn4)CC3)c2c1. The van der Waals surface area contributed by atoms with Crippen molar-refractivity contribution < 1.29 is 14.7 Å². The Hall–Kier alpha value is -2.39. The summed E-state index contributed by atoms with van der Waals surface area (Å²) in [5.74, 6) is 1.50. The van der Waals surface area contributed by atoms with Gasteiger partial charge >= 0.3 is 0 Å². The monoisotopic (exact) mass is 528 g/mol. The molecule has 1 fully saturated rings. The molecule has 0 aliphatic carbocycles. The van der Waals surface area contributed by atoms with Gasteiger partial charge in [-0.3, -0.25) is 15.0 Å². The molecule has 1 amide bonds. The molecule has 0 atom stereocenters. The van der Waals surface area contributed by atoms with Crippen molar-refractivity contribution in [3.8, 4) is 5.75 Å². The van der Waals surface area contributed by atoms with Crippen molar-refractivity contribution in [3.63, 3.8) is 0 Å². The van der Waals surface area contributed by atoms with E-state index in [9.17, 15) is 10.0 Å². The van der Waals surface area contributed by atoms with Crippen LogP contribution in [-0.2, 0) is 11.2 Å². The number of fused-ring (bicyclic) bond motifs is 1. The molecule has 0 radical (unpaired) electrons. The number of rotatable bonds is 11. The van der Waals surface area contributed by atoms with Gasteiger partial charge in [-0.25, -0.2) is 10.5 Å². The molecule has 1 aromatic carbocycles. The van der Waals surface area contributed by atoms with Crippen molar-refractivity contribution in [3.05, 3.63) is 59.4 Å². The first-order valence-electron chi connectivity index (χ1n) is 12.4. The van der Waals surface area contributed by atoms with E-state index >= 15 is 0 Å². The van der Waals surface area contributed by atoms with Gasteiger partial charge < -0.3 is 9.64 Å². The molecule has 1 aliphatic rings. The Morgan fingerprint density at radius 1 is 1.22 bits per heavy atom. The summed E-state index contributed by atoms with van der Waals surface area (Å²) in [6, 6.07) is 11.7. The fraction of sp³-hybridized carbons (Fsp3) is 0.444. The van der Waals surface area contributed by atoms with E-state index in [1.54, 1.807) is 25.1 Å². The Morgan fingerprint density at radius 3 is 2.78 bits per heavy atom. The van der Waals surface area contributed by atoms with Gasteiger partial charge in [0.25, 0.3) is 0 Å². The molecular formula is C27H33ClN4O3S. The number of piperidine rings is 1. The van der Waals surface area contributed by atoms with Gasteiger partial charge in [0.15, 0.2) is 0 Å². The molecule has 3 heterocycles. The second-order valence-corrected chi connectivity index (χ2v) is 10.8. The first-order valence-corrected chi connectivity index (χ1v) is 13.7. The minimum absolute atomic E-state index is 0.278. The van der Waals surface area contributed by atoms with E-state index in [4.69, 9.17) is 16.3 Å². The highest BCUT2D eigenvalue weighted by Crippen LogP contribution is 2.38. The number of pyridine rings is 2. The zero-order valence-electron chi connectivity index (χ0n) is 20.6. The molecule has 4 rings (SSSR count). The number of aryl methyl sites for hydroxylation is 1. The standard InChI is InChI=1S/C27H33ClN4O3S/c1-35-20-8-9-24-22(18-20)21(23(28)19-30-24)6-4-10-27(26(33)31-34)11-15-32(16-12-27)14-5-17-36-25-7-2-3-13-29-25/h2-3,7-9,13,18-19,34H,4-6,10-12,14-17H2,1H3,(H,31,33). The Balaban J connectivity index is 1.32. The molecular weight excluding hydrogens is 496 g/mol. The molecule has 0 unspecified atom stereocenters. The maximum Gasteiger partial charge on any atom is 0.249 e. The summed E-state index contributed by atoms with van der Waals surface area (Å²) in [6.45, 7) is 2.69. The number of hydrogen-bond acceptors (Lipinski definition) is 7. The third-order valence-corrected chi connectivity index (χ3v) is 8.47. The number of nitrogens with one attached hydrogen (secondary N) is 1. The van der Waals surface area contributed by atoms with E-state index in [1.165, 1.54) is 0 Å². The third-order valence-electron chi connectivity index (χ3n) is 7.12. The van der Waals surface area contributed by atoms with Crippen molar-refractivity contribution >= 4 is 40.2 Å². The molecule has 0 spiro atoms. The van der Waals surface area contributed by atoms with Crippen molar-refractivity contribution in [1.82, 2.24) is 20.3 Å². The second kappa shape index (κ2) is 12.7. The lowest BCUT2D eigenvalue weighted by atomic mass is 9.73. The van der Waals surface area contributed by atoms with Crippen LogP contribution in [0.2, 0.25) is 5.02 Å². The summed E-state index contributed by atoms with van der Waals surface area (Å²) < 4.78 is 5.39. The first-order chi connectivity index (χ1) is 17.5. The Bertz CT molecular complexity index is 1160. The maximum absolute atomic E-state index is 12.8. The number of carbonyl (C=O) groups excluding carboxylic acids is 1. The molecule has 1 saturated heterocycles. The second-order valence-electron chi connectivity index (χ2n) is 9.25. The number of benzene rings is 1. The average molecular weight is 529 g/mol. The Morgan fingerprint density at radius 2 is 2.06 bits per heavy atom. The summed E-state index contributed by atoms with van der Waals surface area (Å²) >= 11 is 8.30. The van der Waals surface area contributed by atoms with Gasteiger partial charge in [0.1, 0.15) is 5.75 Å². The van der Waals surface area contributed by atoms with Crippen LogP contribution in [0.1, 0.15) is 37.7 Å². The number of carbonyl (C=O) groups is 1. The van der Waals surface area contributed by atoms with Crippen molar-refractivity contribution in [2.75, 3.05) is 32.5 Å². The highest BCUT2D eigenvalue weighted by atomic mass is 35.5.